The van der Waals surface area contributed by atoms with Crippen LogP contribution in [0.25, 0.3) is 0 Å². The SMILES string of the molecule is C=CCOc1ccc(C(=O)Nc2ccc(OC(F)F)cc2)cc1OC. The Morgan fingerprint density at radius 3 is 2.52 bits per heavy atom. The minimum absolute atomic E-state index is 0.0124. The van der Waals surface area contributed by atoms with Gasteiger partial charge in [0, 0.05) is 11.3 Å². The Morgan fingerprint density at radius 1 is 1.20 bits per heavy atom. The summed E-state index contributed by atoms with van der Waals surface area (Å²) in [7, 11) is 1.47. The van der Waals surface area contributed by atoms with Gasteiger partial charge in [0.05, 0.1) is 7.11 Å². The van der Waals surface area contributed by atoms with Crippen LogP contribution in [0, 0.1) is 0 Å². The molecule has 0 aliphatic carbocycles. The average molecular weight is 349 g/mol. The molecule has 2 rings (SSSR count). The summed E-state index contributed by atoms with van der Waals surface area (Å²) in [5.74, 6) is 0.539. The van der Waals surface area contributed by atoms with E-state index in [1.54, 1.807) is 24.3 Å². The van der Waals surface area contributed by atoms with Gasteiger partial charge in [0.15, 0.2) is 11.5 Å². The first-order valence-electron chi connectivity index (χ1n) is 7.31. The highest BCUT2D eigenvalue weighted by Crippen LogP contribution is 2.28. The van der Waals surface area contributed by atoms with E-state index in [9.17, 15) is 13.6 Å². The van der Waals surface area contributed by atoms with Crippen molar-refractivity contribution in [2.24, 2.45) is 0 Å². The molecule has 0 radical (unpaired) electrons. The van der Waals surface area contributed by atoms with E-state index in [1.165, 1.54) is 31.4 Å². The van der Waals surface area contributed by atoms with Gasteiger partial charge < -0.3 is 19.5 Å². The Hall–Kier alpha value is -3.09. The van der Waals surface area contributed by atoms with Gasteiger partial charge in [0.25, 0.3) is 5.91 Å². The van der Waals surface area contributed by atoms with Crippen LogP contribution in [0.2, 0.25) is 0 Å². The number of carbonyl (C=O) groups excluding carboxylic acids is 1. The smallest absolute Gasteiger partial charge is 0.387 e. The van der Waals surface area contributed by atoms with Crippen LogP contribution in [0.15, 0.2) is 55.1 Å². The first-order valence-corrected chi connectivity index (χ1v) is 7.31. The predicted molar refractivity (Wildman–Crippen MR) is 89.7 cm³/mol. The van der Waals surface area contributed by atoms with Gasteiger partial charge in [-0.2, -0.15) is 8.78 Å². The number of carbonyl (C=O) groups is 1. The molecule has 132 valence electrons. The molecule has 0 heterocycles. The summed E-state index contributed by atoms with van der Waals surface area (Å²) in [4.78, 5) is 12.3. The van der Waals surface area contributed by atoms with E-state index in [-0.39, 0.29) is 11.7 Å². The number of hydrogen-bond acceptors (Lipinski definition) is 4. The van der Waals surface area contributed by atoms with Crippen LogP contribution in [0.4, 0.5) is 14.5 Å². The highest BCUT2D eigenvalue weighted by molar-refractivity contribution is 6.04. The molecular formula is C18H17F2NO4. The third kappa shape index (κ3) is 5.20. The molecule has 1 N–H and O–H groups in total. The summed E-state index contributed by atoms with van der Waals surface area (Å²) in [6.07, 6.45) is 1.60. The Labute approximate surface area is 143 Å². The number of hydrogen-bond donors (Lipinski definition) is 1. The summed E-state index contributed by atoms with van der Waals surface area (Å²) >= 11 is 0. The Kier molecular flexibility index (Phi) is 6.33. The van der Waals surface area contributed by atoms with Crippen molar-refractivity contribution in [2.45, 2.75) is 6.61 Å². The second kappa shape index (κ2) is 8.68. The van der Waals surface area contributed by atoms with Crippen LogP contribution in [0.3, 0.4) is 0 Å². The third-order valence-electron chi connectivity index (χ3n) is 3.12. The van der Waals surface area contributed by atoms with Gasteiger partial charge in [-0.15, -0.1) is 0 Å². The molecule has 2 aromatic carbocycles. The van der Waals surface area contributed by atoms with Crippen molar-refractivity contribution >= 4 is 11.6 Å². The van der Waals surface area contributed by atoms with Crippen LogP contribution >= 0.6 is 0 Å². The standard InChI is InChI=1S/C18H17F2NO4/c1-3-10-24-15-9-4-12(11-16(15)23-2)17(22)21-13-5-7-14(8-6-13)25-18(19)20/h3-9,11,18H,1,10H2,2H3,(H,21,22). The summed E-state index contributed by atoms with van der Waals surface area (Å²) < 4.78 is 39.1. The van der Waals surface area contributed by atoms with E-state index in [2.05, 4.69) is 16.6 Å². The van der Waals surface area contributed by atoms with Crippen LogP contribution < -0.4 is 19.5 Å². The molecule has 5 nitrogen and oxygen atoms in total. The number of benzene rings is 2. The molecule has 0 aromatic heterocycles. The summed E-state index contributed by atoms with van der Waals surface area (Å²) in [6.45, 7) is 0.986. The number of alkyl halides is 2. The Morgan fingerprint density at radius 2 is 1.92 bits per heavy atom. The zero-order chi connectivity index (χ0) is 18.2. The zero-order valence-electron chi connectivity index (χ0n) is 13.5. The van der Waals surface area contributed by atoms with Gasteiger partial charge in [-0.05, 0) is 42.5 Å². The second-order valence-corrected chi connectivity index (χ2v) is 4.82. The molecule has 0 bridgehead atoms. The fourth-order valence-electron chi connectivity index (χ4n) is 2.00. The number of amides is 1. The molecule has 7 heteroatoms. The van der Waals surface area contributed by atoms with Gasteiger partial charge in [-0.25, -0.2) is 0 Å². The minimum Gasteiger partial charge on any atom is -0.493 e. The van der Waals surface area contributed by atoms with Crippen LogP contribution in [0.1, 0.15) is 10.4 Å². The number of anilines is 1. The summed E-state index contributed by atoms with van der Waals surface area (Å²) in [6, 6.07) is 10.4. The Bertz CT molecular complexity index is 732. The van der Waals surface area contributed by atoms with E-state index >= 15 is 0 Å². The number of nitrogens with one attached hydrogen (secondary N) is 1. The minimum atomic E-state index is -2.89. The number of ether oxygens (including phenoxy) is 3. The maximum atomic E-state index is 12.3. The maximum Gasteiger partial charge on any atom is 0.387 e. The lowest BCUT2D eigenvalue weighted by Gasteiger charge is -2.11. The number of rotatable bonds is 8. The molecule has 0 atom stereocenters. The first kappa shape index (κ1) is 18.3. The molecule has 0 aliphatic rings. The lowest BCUT2D eigenvalue weighted by atomic mass is 10.2. The molecule has 0 saturated carbocycles. The van der Waals surface area contributed by atoms with Crippen LogP contribution in [-0.2, 0) is 0 Å². The monoisotopic (exact) mass is 349 g/mol. The van der Waals surface area contributed by atoms with Crippen molar-refractivity contribution in [3.8, 4) is 17.2 Å². The first-order chi connectivity index (χ1) is 12.0. The van der Waals surface area contributed by atoms with Crippen molar-refractivity contribution in [3.63, 3.8) is 0 Å². The summed E-state index contributed by atoms with van der Waals surface area (Å²) in [5.41, 5.74) is 0.799. The van der Waals surface area contributed by atoms with Crippen molar-refractivity contribution in [3.05, 3.63) is 60.7 Å². The average Bonchev–Trinajstić information content (AvgIpc) is 2.61. The van der Waals surface area contributed by atoms with E-state index in [0.29, 0.717) is 29.4 Å². The van der Waals surface area contributed by atoms with Gasteiger partial charge in [0.1, 0.15) is 12.4 Å². The molecule has 25 heavy (non-hydrogen) atoms. The van der Waals surface area contributed by atoms with Crippen molar-refractivity contribution in [2.75, 3.05) is 19.0 Å². The third-order valence-corrected chi connectivity index (χ3v) is 3.12. The quantitative estimate of drug-likeness (QED) is 0.729. The van der Waals surface area contributed by atoms with Gasteiger partial charge in [-0.1, -0.05) is 12.7 Å². The molecule has 1 amide bonds. The topological polar surface area (TPSA) is 56.8 Å². The van der Waals surface area contributed by atoms with Gasteiger partial charge in [0.2, 0.25) is 0 Å². The lowest BCUT2D eigenvalue weighted by molar-refractivity contribution is -0.0498. The molecule has 2 aromatic rings. The van der Waals surface area contributed by atoms with E-state index < -0.39 is 6.61 Å². The van der Waals surface area contributed by atoms with Crippen molar-refractivity contribution in [1.82, 2.24) is 0 Å². The van der Waals surface area contributed by atoms with E-state index in [1.807, 2.05) is 0 Å². The largest absolute Gasteiger partial charge is 0.493 e. The van der Waals surface area contributed by atoms with E-state index in [0.717, 1.165) is 0 Å². The zero-order valence-corrected chi connectivity index (χ0v) is 13.5. The Balaban J connectivity index is 2.08. The highest BCUT2D eigenvalue weighted by Gasteiger charge is 2.12. The molecule has 0 saturated heterocycles. The number of methoxy groups -OCH3 is 1. The maximum absolute atomic E-state index is 12.3. The van der Waals surface area contributed by atoms with Gasteiger partial charge >= 0.3 is 6.61 Å². The fourth-order valence-corrected chi connectivity index (χ4v) is 2.00. The molecule has 0 aliphatic heterocycles. The van der Waals surface area contributed by atoms with Crippen molar-refractivity contribution < 1.29 is 27.8 Å². The fraction of sp³-hybridized carbons (Fsp3) is 0.167. The van der Waals surface area contributed by atoms with Crippen LogP contribution in [0.5, 0.6) is 17.2 Å². The normalized spacial score (nSPS) is 10.2. The lowest BCUT2D eigenvalue weighted by Crippen LogP contribution is -2.12. The van der Waals surface area contributed by atoms with Crippen LogP contribution in [-0.4, -0.2) is 26.2 Å². The summed E-state index contributed by atoms with van der Waals surface area (Å²) in [5, 5.41) is 2.66. The second-order valence-electron chi connectivity index (χ2n) is 4.82. The van der Waals surface area contributed by atoms with Crippen molar-refractivity contribution in [1.29, 1.82) is 0 Å². The predicted octanol–water partition coefficient (Wildman–Crippen LogP) is 4.11. The van der Waals surface area contributed by atoms with E-state index in [4.69, 9.17) is 9.47 Å². The molecule has 0 unspecified atom stereocenters. The molecule has 0 spiro atoms. The molecular weight excluding hydrogens is 332 g/mol. The number of halogens is 2. The highest BCUT2D eigenvalue weighted by atomic mass is 19.3. The molecule has 0 fully saturated rings. The van der Waals surface area contributed by atoms with Gasteiger partial charge in [-0.3, -0.25) is 4.79 Å².